The Morgan fingerprint density at radius 3 is 2.26 bits per heavy atom. The van der Waals surface area contributed by atoms with Crippen molar-refractivity contribution in [1.82, 2.24) is 4.90 Å². The minimum absolute atomic E-state index is 0.359. The summed E-state index contributed by atoms with van der Waals surface area (Å²) in [6.07, 6.45) is 13.6. The van der Waals surface area contributed by atoms with E-state index < -0.39 is 0 Å². The molecule has 0 spiro atoms. The summed E-state index contributed by atoms with van der Waals surface area (Å²) in [6.45, 7) is 0.746. The molecular weight excluding hydrogens is 258 g/mol. The summed E-state index contributed by atoms with van der Waals surface area (Å²) in [5, 5.41) is 0. The highest BCUT2D eigenvalue weighted by Gasteiger charge is 2.26. The fraction of sp³-hybridized carbons (Fsp3) is 0.938. The Balaban J connectivity index is 1.77. The Morgan fingerprint density at radius 1 is 1.00 bits per heavy atom. The fourth-order valence-electron chi connectivity index (χ4n) is 3.76. The molecule has 2 fully saturated rings. The molecule has 0 aromatic carbocycles. The van der Waals surface area contributed by atoms with Gasteiger partial charge in [-0.1, -0.05) is 44.9 Å². The molecule has 0 N–H and O–H groups in total. The van der Waals surface area contributed by atoms with Gasteiger partial charge in [-0.15, -0.1) is 11.6 Å². The second-order valence-electron chi connectivity index (χ2n) is 6.26. The number of hydrogen-bond acceptors (Lipinski definition) is 1. The van der Waals surface area contributed by atoms with Crippen LogP contribution < -0.4 is 0 Å². The third kappa shape index (κ3) is 4.66. The van der Waals surface area contributed by atoms with E-state index >= 15 is 0 Å². The lowest BCUT2D eigenvalue weighted by Gasteiger charge is -2.29. The molecule has 1 amide bonds. The lowest BCUT2D eigenvalue weighted by atomic mass is 9.86. The number of amides is 1. The fourth-order valence-corrected chi connectivity index (χ4v) is 3.95. The van der Waals surface area contributed by atoms with Gasteiger partial charge in [0.05, 0.1) is 0 Å². The molecule has 3 heteroatoms. The smallest absolute Gasteiger partial charge is 0.222 e. The van der Waals surface area contributed by atoms with Gasteiger partial charge < -0.3 is 4.90 Å². The van der Waals surface area contributed by atoms with Gasteiger partial charge in [-0.2, -0.15) is 0 Å². The summed E-state index contributed by atoms with van der Waals surface area (Å²) in [7, 11) is 0. The Labute approximate surface area is 122 Å². The Morgan fingerprint density at radius 2 is 1.63 bits per heavy atom. The molecule has 0 atom stereocenters. The molecule has 0 heterocycles. The average molecular weight is 286 g/mol. The zero-order valence-corrected chi connectivity index (χ0v) is 12.8. The highest BCUT2D eigenvalue weighted by molar-refractivity contribution is 6.18. The van der Waals surface area contributed by atoms with E-state index in [1.165, 1.54) is 57.8 Å². The van der Waals surface area contributed by atoms with E-state index in [4.69, 9.17) is 11.6 Å². The number of nitrogens with zero attached hydrogens (tertiary/aromatic N) is 1. The minimum atomic E-state index is 0.359. The quantitative estimate of drug-likeness (QED) is 0.664. The van der Waals surface area contributed by atoms with Crippen molar-refractivity contribution in [3.63, 3.8) is 0 Å². The van der Waals surface area contributed by atoms with Gasteiger partial charge in [-0.05, 0) is 25.2 Å². The van der Waals surface area contributed by atoms with E-state index in [2.05, 4.69) is 4.90 Å². The predicted octanol–water partition coefficient (Wildman–Crippen LogP) is 4.36. The van der Waals surface area contributed by atoms with Crippen LogP contribution in [-0.4, -0.2) is 29.3 Å². The van der Waals surface area contributed by atoms with Crippen LogP contribution in [0.5, 0.6) is 0 Å². The molecule has 2 nitrogen and oxygen atoms in total. The zero-order valence-electron chi connectivity index (χ0n) is 12.1. The number of carbonyl (C=O) groups excluding carboxylic acids is 1. The summed E-state index contributed by atoms with van der Waals surface area (Å²) in [6, 6.07) is 0.484. The first-order valence-electron chi connectivity index (χ1n) is 8.16. The number of rotatable bonds is 6. The van der Waals surface area contributed by atoms with Crippen molar-refractivity contribution in [1.29, 1.82) is 0 Å². The number of halogens is 1. The first-order valence-corrected chi connectivity index (χ1v) is 8.70. The Hall–Kier alpha value is -0.240. The van der Waals surface area contributed by atoms with Gasteiger partial charge in [-0.25, -0.2) is 0 Å². The van der Waals surface area contributed by atoms with E-state index in [0.29, 0.717) is 17.8 Å². The third-order valence-corrected chi connectivity index (χ3v) is 5.07. The topological polar surface area (TPSA) is 20.3 Å². The number of hydrogen-bond donors (Lipinski definition) is 0. The molecule has 0 aliphatic heterocycles. The van der Waals surface area contributed by atoms with Crippen molar-refractivity contribution in [2.24, 2.45) is 5.92 Å². The molecule has 2 saturated carbocycles. The maximum Gasteiger partial charge on any atom is 0.222 e. The average Bonchev–Trinajstić information content (AvgIpc) is 2.97. The Bertz CT molecular complexity index is 270. The molecule has 2 aliphatic rings. The molecule has 110 valence electrons. The van der Waals surface area contributed by atoms with Gasteiger partial charge >= 0.3 is 0 Å². The van der Waals surface area contributed by atoms with Gasteiger partial charge in [0, 0.05) is 24.9 Å². The van der Waals surface area contributed by atoms with E-state index in [-0.39, 0.29) is 0 Å². The van der Waals surface area contributed by atoms with Crippen molar-refractivity contribution >= 4 is 17.5 Å². The lowest BCUT2D eigenvalue weighted by Crippen LogP contribution is -2.40. The largest absolute Gasteiger partial charge is 0.339 e. The molecule has 0 unspecified atom stereocenters. The molecule has 0 radical (unpaired) electrons. The van der Waals surface area contributed by atoms with Crippen LogP contribution in [0.25, 0.3) is 0 Å². The van der Waals surface area contributed by atoms with Crippen molar-refractivity contribution in [3.05, 3.63) is 0 Å². The summed E-state index contributed by atoms with van der Waals surface area (Å²) in [5.74, 6) is 1.74. The number of alkyl halides is 1. The second-order valence-corrected chi connectivity index (χ2v) is 6.64. The van der Waals surface area contributed by atoms with E-state index in [9.17, 15) is 4.79 Å². The highest BCUT2D eigenvalue weighted by atomic mass is 35.5. The van der Waals surface area contributed by atoms with Crippen LogP contribution in [0.4, 0.5) is 0 Å². The van der Waals surface area contributed by atoms with Crippen LogP contribution in [0.1, 0.15) is 70.6 Å². The maximum atomic E-state index is 12.4. The van der Waals surface area contributed by atoms with Crippen LogP contribution >= 0.6 is 11.6 Å². The van der Waals surface area contributed by atoms with Crippen molar-refractivity contribution in [2.75, 3.05) is 12.4 Å². The molecule has 0 aromatic heterocycles. The standard InChI is InChI=1S/C16H28ClNO/c17-12-13-18(15-8-4-5-9-15)16(19)11-10-14-6-2-1-3-7-14/h14-15H,1-13H2. The summed E-state index contributed by atoms with van der Waals surface area (Å²) in [4.78, 5) is 14.5. The molecule has 2 rings (SSSR count). The first kappa shape index (κ1) is 15.2. The summed E-state index contributed by atoms with van der Waals surface area (Å²) >= 11 is 5.87. The molecule has 0 aromatic rings. The summed E-state index contributed by atoms with van der Waals surface area (Å²) < 4.78 is 0. The van der Waals surface area contributed by atoms with E-state index in [1.807, 2.05) is 0 Å². The van der Waals surface area contributed by atoms with Crippen LogP contribution in [-0.2, 0) is 4.79 Å². The van der Waals surface area contributed by atoms with E-state index in [0.717, 1.165) is 25.3 Å². The van der Waals surface area contributed by atoms with Gasteiger partial charge in [0.2, 0.25) is 5.91 Å². The van der Waals surface area contributed by atoms with Gasteiger partial charge in [0.15, 0.2) is 0 Å². The molecule has 0 saturated heterocycles. The van der Waals surface area contributed by atoms with E-state index in [1.54, 1.807) is 0 Å². The number of carbonyl (C=O) groups is 1. The van der Waals surface area contributed by atoms with Crippen LogP contribution in [0, 0.1) is 5.92 Å². The van der Waals surface area contributed by atoms with Crippen LogP contribution in [0.15, 0.2) is 0 Å². The van der Waals surface area contributed by atoms with Crippen molar-refractivity contribution in [2.45, 2.75) is 76.7 Å². The van der Waals surface area contributed by atoms with Crippen LogP contribution in [0.3, 0.4) is 0 Å². The third-order valence-electron chi connectivity index (χ3n) is 4.90. The van der Waals surface area contributed by atoms with Gasteiger partial charge in [-0.3, -0.25) is 4.79 Å². The molecule has 2 aliphatic carbocycles. The zero-order chi connectivity index (χ0) is 13.5. The lowest BCUT2D eigenvalue weighted by molar-refractivity contribution is -0.133. The SMILES string of the molecule is O=C(CCC1CCCCC1)N(CCCl)C1CCCC1. The second kappa shape index (κ2) is 8.14. The normalized spacial score (nSPS) is 21.7. The maximum absolute atomic E-state index is 12.4. The summed E-state index contributed by atoms with van der Waals surface area (Å²) in [5.41, 5.74) is 0. The Kier molecular flexibility index (Phi) is 6.49. The minimum Gasteiger partial charge on any atom is -0.339 e. The monoisotopic (exact) mass is 285 g/mol. The van der Waals surface area contributed by atoms with Gasteiger partial charge in [0.25, 0.3) is 0 Å². The molecule has 0 bridgehead atoms. The highest BCUT2D eigenvalue weighted by Crippen LogP contribution is 2.29. The predicted molar refractivity (Wildman–Crippen MR) is 80.5 cm³/mol. The van der Waals surface area contributed by atoms with Crippen molar-refractivity contribution < 1.29 is 4.79 Å². The first-order chi connectivity index (χ1) is 9.31. The molecular formula is C16H28ClNO. The molecule has 19 heavy (non-hydrogen) atoms. The van der Waals surface area contributed by atoms with Crippen molar-refractivity contribution in [3.8, 4) is 0 Å². The van der Waals surface area contributed by atoms with Crippen LogP contribution in [0.2, 0.25) is 0 Å². The van der Waals surface area contributed by atoms with Gasteiger partial charge in [0.1, 0.15) is 0 Å².